The second-order valence-corrected chi connectivity index (χ2v) is 10.1. The third-order valence-electron chi connectivity index (χ3n) is 5.19. The zero-order chi connectivity index (χ0) is 22.3. The second-order valence-electron chi connectivity index (χ2n) is 7.44. The molecule has 0 aliphatic carbocycles. The molecule has 0 fully saturated rings. The van der Waals surface area contributed by atoms with Crippen LogP contribution in [0, 0.1) is 0 Å². The summed E-state index contributed by atoms with van der Waals surface area (Å²) in [6.07, 6.45) is 1.16. The Bertz CT molecular complexity index is 1260. The summed E-state index contributed by atoms with van der Waals surface area (Å²) < 4.78 is 27.3. The third kappa shape index (κ3) is 3.96. The second kappa shape index (κ2) is 7.86. The lowest BCUT2D eigenvalue weighted by Crippen LogP contribution is -2.51. The highest BCUT2D eigenvalue weighted by Crippen LogP contribution is 2.39. The minimum absolute atomic E-state index is 0.110. The van der Waals surface area contributed by atoms with Crippen molar-refractivity contribution in [3.05, 3.63) is 53.5 Å². The molecule has 1 aliphatic heterocycles. The maximum Gasteiger partial charge on any atom is 0.279 e. The molecule has 2 heterocycles. The number of nitrogens with zero attached hydrogens (tertiary/aromatic N) is 4. The van der Waals surface area contributed by atoms with E-state index in [0.29, 0.717) is 17.9 Å². The van der Waals surface area contributed by atoms with Crippen LogP contribution in [0.25, 0.3) is 11.1 Å². The van der Waals surface area contributed by atoms with E-state index in [1.54, 1.807) is 39.4 Å². The van der Waals surface area contributed by atoms with Crippen molar-refractivity contribution in [3.8, 4) is 11.1 Å². The molecule has 31 heavy (non-hydrogen) atoms. The van der Waals surface area contributed by atoms with Crippen LogP contribution in [0.3, 0.4) is 0 Å². The number of benzene rings is 2. The molecule has 0 saturated carbocycles. The van der Waals surface area contributed by atoms with E-state index < -0.39 is 9.84 Å². The van der Waals surface area contributed by atoms with E-state index in [1.807, 2.05) is 25.1 Å². The molecule has 4 rings (SSSR count). The fourth-order valence-corrected chi connectivity index (χ4v) is 4.83. The standard InChI is InChI=1S/C21H20N4O4S2/c1-13-11-24(21(27)18-12-30-23-22-18)20-10-16(6-9-19(20)25(13)14(2)26)15-4-7-17(8-5-15)31(3,28)29/h4-10,12-13H,11H2,1-3H3/t13-/m0/s1. The van der Waals surface area contributed by atoms with Crippen LogP contribution in [0.1, 0.15) is 24.3 Å². The van der Waals surface area contributed by atoms with Gasteiger partial charge in [0.1, 0.15) is 0 Å². The molecular formula is C21H20N4O4S2. The van der Waals surface area contributed by atoms with Crippen LogP contribution in [-0.4, -0.2) is 48.7 Å². The fraction of sp³-hybridized carbons (Fsp3) is 0.238. The van der Waals surface area contributed by atoms with Gasteiger partial charge >= 0.3 is 0 Å². The number of amides is 2. The molecule has 0 saturated heterocycles. The van der Waals surface area contributed by atoms with Gasteiger partial charge in [0.2, 0.25) is 5.91 Å². The molecule has 0 radical (unpaired) electrons. The number of aromatic nitrogens is 2. The fourth-order valence-electron chi connectivity index (χ4n) is 3.77. The van der Waals surface area contributed by atoms with Gasteiger partial charge in [-0.1, -0.05) is 22.7 Å². The molecule has 2 aromatic carbocycles. The molecule has 1 aromatic heterocycles. The van der Waals surface area contributed by atoms with Crippen molar-refractivity contribution in [1.82, 2.24) is 9.59 Å². The summed E-state index contributed by atoms with van der Waals surface area (Å²) in [5.41, 5.74) is 3.08. The maximum atomic E-state index is 13.1. The summed E-state index contributed by atoms with van der Waals surface area (Å²) in [6, 6.07) is 11.9. The molecule has 1 aliphatic rings. The summed E-state index contributed by atoms with van der Waals surface area (Å²) in [5.74, 6) is -0.393. The van der Waals surface area contributed by atoms with Crippen molar-refractivity contribution in [1.29, 1.82) is 0 Å². The number of anilines is 2. The van der Waals surface area contributed by atoms with Crippen molar-refractivity contribution in [3.63, 3.8) is 0 Å². The first kappa shape index (κ1) is 21.1. The van der Waals surface area contributed by atoms with Gasteiger partial charge in [-0.3, -0.25) is 9.59 Å². The van der Waals surface area contributed by atoms with Crippen LogP contribution in [0.5, 0.6) is 0 Å². The molecule has 0 N–H and O–H groups in total. The van der Waals surface area contributed by atoms with Gasteiger partial charge in [-0.15, -0.1) is 5.10 Å². The SMILES string of the molecule is CC(=O)N1c2ccc(-c3ccc(S(C)(=O)=O)cc3)cc2N(C(=O)c2csnn2)C[C@@H]1C. The van der Waals surface area contributed by atoms with E-state index in [-0.39, 0.29) is 28.4 Å². The van der Waals surface area contributed by atoms with Crippen molar-refractivity contribution in [2.24, 2.45) is 0 Å². The first-order chi connectivity index (χ1) is 14.7. The quantitative estimate of drug-likeness (QED) is 0.601. The molecule has 10 heteroatoms. The number of hydrogen-bond acceptors (Lipinski definition) is 7. The van der Waals surface area contributed by atoms with Crippen molar-refractivity contribution in [2.45, 2.75) is 24.8 Å². The Morgan fingerprint density at radius 2 is 1.74 bits per heavy atom. The van der Waals surface area contributed by atoms with Gasteiger partial charge in [-0.05, 0) is 53.8 Å². The first-order valence-electron chi connectivity index (χ1n) is 9.50. The summed E-state index contributed by atoms with van der Waals surface area (Å²) in [6.45, 7) is 3.71. The van der Waals surface area contributed by atoms with E-state index in [1.165, 1.54) is 6.92 Å². The third-order valence-corrected chi connectivity index (χ3v) is 6.83. The van der Waals surface area contributed by atoms with Gasteiger partial charge < -0.3 is 9.80 Å². The van der Waals surface area contributed by atoms with Gasteiger partial charge in [0.05, 0.1) is 22.3 Å². The van der Waals surface area contributed by atoms with Gasteiger partial charge in [-0.25, -0.2) is 8.42 Å². The van der Waals surface area contributed by atoms with E-state index in [0.717, 1.165) is 28.9 Å². The summed E-state index contributed by atoms with van der Waals surface area (Å²) in [7, 11) is -3.29. The van der Waals surface area contributed by atoms with Crippen molar-refractivity contribution < 1.29 is 18.0 Å². The normalized spacial score (nSPS) is 16.2. The van der Waals surface area contributed by atoms with Crippen molar-refractivity contribution in [2.75, 3.05) is 22.6 Å². The predicted molar refractivity (Wildman–Crippen MR) is 119 cm³/mol. The number of rotatable bonds is 3. The topological polar surface area (TPSA) is 101 Å². The Morgan fingerprint density at radius 3 is 2.32 bits per heavy atom. The van der Waals surface area contributed by atoms with E-state index >= 15 is 0 Å². The summed E-state index contributed by atoms with van der Waals surface area (Å²) in [5, 5.41) is 5.49. The van der Waals surface area contributed by atoms with Gasteiger partial charge in [-0.2, -0.15) is 0 Å². The molecular weight excluding hydrogens is 436 g/mol. The lowest BCUT2D eigenvalue weighted by Gasteiger charge is -2.40. The van der Waals surface area contributed by atoms with Crippen LogP contribution < -0.4 is 9.80 Å². The first-order valence-corrected chi connectivity index (χ1v) is 12.2. The number of fused-ring (bicyclic) bond motifs is 1. The zero-order valence-corrected chi connectivity index (χ0v) is 18.8. The zero-order valence-electron chi connectivity index (χ0n) is 17.1. The predicted octanol–water partition coefficient (Wildman–Crippen LogP) is 3.01. The maximum absolute atomic E-state index is 13.1. The Balaban J connectivity index is 1.81. The lowest BCUT2D eigenvalue weighted by atomic mass is 10.0. The van der Waals surface area contributed by atoms with Gasteiger partial charge in [0.15, 0.2) is 15.5 Å². The Kier molecular flexibility index (Phi) is 5.36. The molecule has 0 spiro atoms. The molecule has 3 aromatic rings. The number of hydrogen-bond donors (Lipinski definition) is 0. The molecule has 0 bridgehead atoms. The smallest absolute Gasteiger partial charge is 0.279 e. The highest BCUT2D eigenvalue weighted by molar-refractivity contribution is 7.90. The Morgan fingerprint density at radius 1 is 1.06 bits per heavy atom. The molecule has 1 atom stereocenters. The average Bonchev–Trinajstić information content (AvgIpc) is 3.26. The minimum atomic E-state index is -3.29. The Hall–Kier alpha value is -3.11. The molecule has 160 valence electrons. The summed E-state index contributed by atoms with van der Waals surface area (Å²) >= 11 is 1.10. The average molecular weight is 457 g/mol. The van der Waals surface area contributed by atoms with Crippen LogP contribution in [-0.2, 0) is 14.6 Å². The van der Waals surface area contributed by atoms with Crippen molar-refractivity contribution >= 4 is 44.6 Å². The molecule has 8 nitrogen and oxygen atoms in total. The molecule has 0 unspecified atom stereocenters. The largest absolute Gasteiger partial charge is 0.306 e. The van der Waals surface area contributed by atoms with Crippen LogP contribution in [0.4, 0.5) is 11.4 Å². The highest BCUT2D eigenvalue weighted by atomic mass is 32.2. The van der Waals surface area contributed by atoms with E-state index in [4.69, 9.17) is 0 Å². The van der Waals surface area contributed by atoms with E-state index in [2.05, 4.69) is 9.59 Å². The summed E-state index contributed by atoms with van der Waals surface area (Å²) in [4.78, 5) is 28.9. The monoisotopic (exact) mass is 456 g/mol. The highest BCUT2D eigenvalue weighted by Gasteiger charge is 2.34. The Labute approximate surface area is 184 Å². The van der Waals surface area contributed by atoms with Gasteiger partial charge in [0.25, 0.3) is 5.91 Å². The number of carbonyl (C=O) groups excluding carboxylic acids is 2. The van der Waals surface area contributed by atoms with Gasteiger partial charge in [0, 0.05) is 25.1 Å². The van der Waals surface area contributed by atoms with E-state index in [9.17, 15) is 18.0 Å². The number of sulfone groups is 1. The van der Waals surface area contributed by atoms with Crippen LogP contribution in [0.2, 0.25) is 0 Å². The number of carbonyl (C=O) groups is 2. The lowest BCUT2D eigenvalue weighted by molar-refractivity contribution is -0.117. The molecule has 2 amide bonds. The van der Waals surface area contributed by atoms with Crippen LogP contribution in [0.15, 0.2) is 52.7 Å². The van der Waals surface area contributed by atoms with Crippen LogP contribution >= 0.6 is 11.5 Å². The minimum Gasteiger partial charge on any atom is -0.306 e.